The summed E-state index contributed by atoms with van der Waals surface area (Å²) in [4.78, 5) is 5.71. The molecular formula is C19H17FN4O. The van der Waals surface area contributed by atoms with E-state index in [-0.39, 0.29) is 5.69 Å². The van der Waals surface area contributed by atoms with Gasteiger partial charge < -0.3 is 9.42 Å². The summed E-state index contributed by atoms with van der Waals surface area (Å²) >= 11 is 0. The summed E-state index contributed by atoms with van der Waals surface area (Å²) in [7, 11) is 1.84. The highest BCUT2D eigenvalue weighted by atomic mass is 19.1. The number of anilines is 2. The number of nitriles is 1. The van der Waals surface area contributed by atoms with E-state index < -0.39 is 5.82 Å². The van der Waals surface area contributed by atoms with Gasteiger partial charge in [0.1, 0.15) is 11.8 Å². The predicted octanol–water partition coefficient (Wildman–Crippen LogP) is 4.44. The molecular weight excluding hydrogens is 319 g/mol. The lowest BCUT2D eigenvalue weighted by atomic mass is 10.0. The second-order valence-electron chi connectivity index (χ2n) is 5.90. The lowest BCUT2D eigenvalue weighted by Gasteiger charge is -2.22. The van der Waals surface area contributed by atoms with Crippen LogP contribution in [0.3, 0.4) is 0 Å². The standard InChI is InChI=1S/C19H17FN4O/c1-11-5-6-14(19-12(2)23-25-13(19)3)7-18(11)24(4)15-8-16(20)17(9-21)22-10-15/h5-8,10H,1-4H3. The highest BCUT2D eigenvalue weighted by molar-refractivity contribution is 5.76. The number of benzene rings is 1. The van der Waals surface area contributed by atoms with Crippen LogP contribution in [0.25, 0.3) is 11.1 Å². The van der Waals surface area contributed by atoms with Crippen molar-refractivity contribution in [3.63, 3.8) is 0 Å². The van der Waals surface area contributed by atoms with Crippen LogP contribution in [-0.2, 0) is 0 Å². The van der Waals surface area contributed by atoms with Crippen molar-refractivity contribution in [2.75, 3.05) is 11.9 Å². The van der Waals surface area contributed by atoms with Crippen molar-refractivity contribution in [3.05, 3.63) is 59.0 Å². The molecule has 0 aliphatic heterocycles. The lowest BCUT2D eigenvalue weighted by molar-refractivity contribution is 0.393. The monoisotopic (exact) mass is 336 g/mol. The van der Waals surface area contributed by atoms with Gasteiger partial charge in [0.15, 0.2) is 11.5 Å². The summed E-state index contributed by atoms with van der Waals surface area (Å²) in [6, 6.07) is 9.07. The molecule has 0 N–H and O–H groups in total. The highest BCUT2D eigenvalue weighted by Crippen LogP contribution is 2.34. The topological polar surface area (TPSA) is 66.0 Å². The highest BCUT2D eigenvalue weighted by Gasteiger charge is 2.16. The molecule has 0 spiro atoms. The van der Waals surface area contributed by atoms with Crippen molar-refractivity contribution < 1.29 is 8.91 Å². The average Bonchev–Trinajstić information content (AvgIpc) is 2.93. The van der Waals surface area contributed by atoms with E-state index in [9.17, 15) is 4.39 Å². The molecule has 0 fully saturated rings. The zero-order valence-electron chi connectivity index (χ0n) is 14.5. The van der Waals surface area contributed by atoms with Gasteiger partial charge >= 0.3 is 0 Å². The first-order valence-corrected chi connectivity index (χ1v) is 7.75. The molecule has 0 unspecified atom stereocenters. The fraction of sp³-hybridized carbons (Fsp3) is 0.211. The normalized spacial score (nSPS) is 10.6. The van der Waals surface area contributed by atoms with Crippen LogP contribution >= 0.6 is 0 Å². The molecule has 0 aliphatic carbocycles. The Morgan fingerprint density at radius 3 is 2.56 bits per heavy atom. The van der Waals surface area contributed by atoms with Gasteiger partial charge in [0, 0.05) is 24.4 Å². The molecule has 0 amide bonds. The Morgan fingerprint density at radius 1 is 1.20 bits per heavy atom. The predicted molar refractivity (Wildman–Crippen MR) is 93.1 cm³/mol. The number of aromatic nitrogens is 2. The van der Waals surface area contributed by atoms with Crippen LogP contribution in [0.2, 0.25) is 0 Å². The molecule has 0 saturated carbocycles. The smallest absolute Gasteiger partial charge is 0.176 e. The molecule has 3 rings (SSSR count). The molecule has 0 atom stereocenters. The van der Waals surface area contributed by atoms with E-state index in [0.717, 1.165) is 33.8 Å². The maximum absolute atomic E-state index is 13.9. The van der Waals surface area contributed by atoms with Gasteiger partial charge in [0.2, 0.25) is 0 Å². The van der Waals surface area contributed by atoms with Gasteiger partial charge in [-0.1, -0.05) is 17.3 Å². The van der Waals surface area contributed by atoms with E-state index in [0.29, 0.717) is 5.69 Å². The fourth-order valence-corrected chi connectivity index (χ4v) is 2.85. The molecule has 0 radical (unpaired) electrons. The molecule has 2 aromatic heterocycles. The van der Waals surface area contributed by atoms with E-state index in [1.165, 1.54) is 12.3 Å². The van der Waals surface area contributed by atoms with Crippen LogP contribution in [-0.4, -0.2) is 17.2 Å². The zero-order chi connectivity index (χ0) is 18.1. The van der Waals surface area contributed by atoms with E-state index >= 15 is 0 Å². The first-order valence-electron chi connectivity index (χ1n) is 7.75. The lowest BCUT2D eigenvalue weighted by Crippen LogP contribution is -2.12. The quantitative estimate of drug-likeness (QED) is 0.707. The van der Waals surface area contributed by atoms with Crippen LogP contribution in [0.4, 0.5) is 15.8 Å². The summed E-state index contributed by atoms with van der Waals surface area (Å²) in [6.07, 6.45) is 1.49. The van der Waals surface area contributed by atoms with Gasteiger partial charge in [-0.05, 0) is 38.0 Å². The summed E-state index contributed by atoms with van der Waals surface area (Å²) in [6.45, 7) is 5.75. The molecule has 126 valence electrons. The molecule has 6 heteroatoms. The minimum absolute atomic E-state index is 0.210. The third kappa shape index (κ3) is 2.96. The van der Waals surface area contributed by atoms with Crippen molar-refractivity contribution in [2.45, 2.75) is 20.8 Å². The van der Waals surface area contributed by atoms with Gasteiger partial charge in [0.25, 0.3) is 0 Å². The van der Waals surface area contributed by atoms with Gasteiger partial charge in [-0.15, -0.1) is 0 Å². The Bertz CT molecular complexity index is 968. The van der Waals surface area contributed by atoms with Crippen LogP contribution in [0.5, 0.6) is 0 Å². The molecule has 0 saturated heterocycles. The summed E-state index contributed by atoms with van der Waals surface area (Å²) < 4.78 is 19.2. The number of pyridine rings is 1. The molecule has 3 aromatic rings. The summed E-state index contributed by atoms with van der Waals surface area (Å²) in [5, 5.41) is 12.8. The number of hydrogen-bond donors (Lipinski definition) is 0. The molecule has 0 aliphatic rings. The minimum Gasteiger partial charge on any atom is -0.361 e. The maximum atomic E-state index is 13.9. The van der Waals surface area contributed by atoms with Crippen LogP contribution in [0, 0.1) is 37.9 Å². The van der Waals surface area contributed by atoms with Crippen LogP contribution < -0.4 is 4.90 Å². The van der Waals surface area contributed by atoms with Crippen molar-refractivity contribution >= 4 is 11.4 Å². The minimum atomic E-state index is -0.633. The number of aryl methyl sites for hydroxylation is 3. The second-order valence-corrected chi connectivity index (χ2v) is 5.90. The maximum Gasteiger partial charge on any atom is 0.176 e. The van der Waals surface area contributed by atoms with Crippen LogP contribution in [0.1, 0.15) is 22.7 Å². The molecule has 1 aromatic carbocycles. The SMILES string of the molecule is Cc1ccc(-c2c(C)noc2C)cc1N(C)c1cnc(C#N)c(F)c1. The first-order chi connectivity index (χ1) is 11.9. The summed E-state index contributed by atoms with van der Waals surface area (Å²) in [5.41, 5.74) is 5.05. The largest absolute Gasteiger partial charge is 0.361 e. The molecule has 2 heterocycles. The van der Waals surface area contributed by atoms with Crippen molar-refractivity contribution in [1.82, 2.24) is 10.1 Å². The van der Waals surface area contributed by atoms with Crippen molar-refractivity contribution in [3.8, 4) is 17.2 Å². The Labute approximate surface area is 145 Å². The third-order valence-corrected chi connectivity index (χ3v) is 4.21. The van der Waals surface area contributed by atoms with Gasteiger partial charge in [-0.25, -0.2) is 9.37 Å². The van der Waals surface area contributed by atoms with E-state index in [1.807, 2.05) is 50.9 Å². The third-order valence-electron chi connectivity index (χ3n) is 4.21. The van der Waals surface area contributed by atoms with E-state index in [4.69, 9.17) is 9.78 Å². The van der Waals surface area contributed by atoms with Gasteiger partial charge in [0.05, 0.1) is 17.6 Å². The number of halogens is 1. The summed E-state index contributed by atoms with van der Waals surface area (Å²) in [5.74, 6) is 0.118. The Kier molecular flexibility index (Phi) is 4.24. The zero-order valence-corrected chi connectivity index (χ0v) is 14.5. The number of rotatable bonds is 3. The Balaban J connectivity index is 2.06. The Hall–Kier alpha value is -3.20. The van der Waals surface area contributed by atoms with E-state index in [2.05, 4.69) is 10.1 Å². The van der Waals surface area contributed by atoms with E-state index in [1.54, 1.807) is 6.07 Å². The van der Waals surface area contributed by atoms with Gasteiger partial charge in [-0.2, -0.15) is 5.26 Å². The molecule has 5 nitrogen and oxygen atoms in total. The number of nitrogens with zero attached hydrogens (tertiary/aromatic N) is 4. The molecule has 0 bridgehead atoms. The number of hydrogen-bond acceptors (Lipinski definition) is 5. The Morgan fingerprint density at radius 2 is 1.96 bits per heavy atom. The second kappa shape index (κ2) is 6.36. The van der Waals surface area contributed by atoms with Gasteiger partial charge in [-0.3, -0.25) is 0 Å². The van der Waals surface area contributed by atoms with Crippen LogP contribution in [0.15, 0.2) is 35.0 Å². The first kappa shape index (κ1) is 16.7. The average molecular weight is 336 g/mol. The molecule has 25 heavy (non-hydrogen) atoms. The van der Waals surface area contributed by atoms with Crippen molar-refractivity contribution in [2.24, 2.45) is 0 Å². The fourth-order valence-electron chi connectivity index (χ4n) is 2.85. The van der Waals surface area contributed by atoms with Crippen molar-refractivity contribution in [1.29, 1.82) is 5.26 Å².